The van der Waals surface area contributed by atoms with Crippen molar-refractivity contribution in [3.63, 3.8) is 0 Å². The molecule has 0 N–H and O–H groups in total. The summed E-state index contributed by atoms with van der Waals surface area (Å²) in [7, 11) is -3.06. The standard InChI is InChI=1S/C25H27ClN4O3S/c26-19-4-5-22-18(14-19)15-20(29(22)12-2-1-10-28-11-3-13-34(28,32)33)17-30-23-16-27-9-6-21(23)25(7-8-25)24(30)31/h4-6,9,14-16H,1-3,7-8,10-13,17H2. The summed E-state index contributed by atoms with van der Waals surface area (Å²) in [5.41, 5.74) is 3.79. The fourth-order valence-corrected chi connectivity index (χ4v) is 7.36. The van der Waals surface area contributed by atoms with E-state index in [9.17, 15) is 13.2 Å². The predicted octanol–water partition coefficient (Wildman–Crippen LogP) is 4.08. The number of anilines is 1. The second kappa shape index (κ2) is 8.07. The maximum atomic E-state index is 13.4. The summed E-state index contributed by atoms with van der Waals surface area (Å²) >= 11 is 6.27. The highest BCUT2D eigenvalue weighted by atomic mass is 35.5. The fourth-order valence-electron chi connectivity index (χ4n) is 5.61. The van der Waals surface area contributed by atoms with Crippen LogP contribution < -0.4 is 4.90 Å². The smallest absolute Gasteiger partial charge is 0.238 e. The van der Waals surface area contributed by atoms with Gasteiger partial charge in [0.05, 0.1) is 29.6 Å². The Hall–Kier alpha value is -2.42. The number of aryl methyl sites for hydroxylation is 1. The van der Waals surface area contributed by atoms with E-state index in [1.807, 2.05) is 29.2 Å². The molecule has 9 heteroatoms. The van der Waals surface area contributed by atoms with Crippen LogP contribution in [0.5, 0.6) is 0 Å². The Bertz CT molecular complexity index is 1400. The first-order chi connectivity index (χ1) is 16.4. The number of carbonyl (C=O) groups is 1. The van der Waals surface area contributed by atoms with Crippen molar-refractivity contribution in [2.45, 2.75) is 50.6 Å². The molecule has 3 aromatic rings. The van der Waals surface area contributed by atoms with Crippen LogP contribution >= 0.6 is 11.6 Å². The quantitative estimate of drug-likeness (QED) is 0.460. The minimum atomic E-state index is -3.06. The summed E-state index contributed by atoms with van der Waals surface area (Å²) in [6.07, 6.45) is 7.74. The van der Waals surface area contributed by atoms with Crippen molar-refractivity contribution >= 4 is 44.1 Å². The van der Waals surface area contributed by atoms with Crippen molar-refractivity contribution in [2.24, 2.45) is 0 Å². The third-order valence-corrected chi connectivity index (χ3v) is 9.71. The molecule has 1 aliphatic carbocycles. The van der Waals surface area contributed by atoms with E-state index in [2.05, 4.69) is 15.6 Å². The van der Waals surface area contributed by atoms with Crippen LogP contribution in [0.3, 0.4) is 0 Å². The zero-order valence-electron chi connectivity index (χ0n) is 18.9. The Labute approximate surface area is 204 Å². The molecule has 0 bridgehead atoms. The van der Waals surface area contributed by atoms with Crippen molar-refractivity contribution in [1.29, 1.82) is 0 Å². The zero-order chi connectivity index (χ0) is 23.5. The lowest BCUT2D eigenvalue weighted by Crippen LogP contribution is -2.32. The molecule has 34 heavy (non-hydrogen) atoms. The number of rotatable bonds is 7. The lowest BCUT2D eigenvalue weighted by Gasteiger charge is -2.20. The van der Waals surface area contributed by atoms with E-state index < -0.39 is 10.0 Å². The molecule has 0 atom stereocenters. The van der Waals surface area contributed by atoms with Crippen LogP contribution in [0.25, 0.3) is 10.9 Å². The molecule has 1 spiro atoms. The molecule has 4 heterocycles. The van der Waals surface area contributed by atoms with Crippen LogP contribution in [0.15, 0.2) is 42.7 Å². The molecular weight excluding hydrogens is 472 g/mol. The van der Waals surface area contributed by atoms with Gasteiger partial charge in [-0.1, -0.05) is 11.6 Å². The molecule has 3 aliphatic rings. The van der Waals surface area contributed by atoms with E-state index >= 15 is 0 Å². The number of carbonyl (C=O) groups excluding carboxylic acids is 1. The first-order valence-corrected chi connectivity index (χ1v) is 13.9. The number of fused-ring (bicyclic) bond motifs is 3. The minimum Gasteiger partial charge on any atom is -0.343 e. The number of unbranched alkanes of at least 4 members (excludes halogenated alkanes) is 1. The van der Waals surface area contributed by atoms with E-state index in [-0.39, 0.29) is 17.1 Å². The van der Waals surface area contributed by atoms with E-state index in [1.54, 1.807) is 16.7 Å². The second-order valence-electron chi connectivity index (χ2n) is 9.63. The Balaban J connectivity index is 1.26. The van der Waals surface area contributed by atoms with Gasteiger partial charge in [-0.2, -0.15) is 0 Å². The van der Waals surface area contributed by atoms with Crippen molar-refractivity contribution in [1.82, 2.24) is 13.9 Å². The summed E-state index contributed by atoms with van der Waals surface area (Å²) in [5, 5.41) is 1.72. The summed E-state index contributed by atoms with van der Waals surface area (Å²) in [6.45, 7) is 2.42. The van der Waals surface area contributed by atoms with Crippen molar-refractivity contribution in [3.8, 4) is 0 Å². The van der Waals surface area contributed by atoms with E-state index in [1.165, 1.54) is 0 Å². The van der Waals surface area contributed by atoms with Crippen LogP contribution in [0.4, 0.5) is 5.69 Å². The molecule has 2 aliphatic heterocycles. The van der Waals surface area contributed by atoms with Gasteiger partial charge < -0.3 is 9.47 Å². The molecule has 2 fully saturated rings. The molecular formula is C25H27ClN4O3S. The van der Waals surface area contributed by atoms with Gasteiger partial charge in [-0.25, -0.2) is 12.7 Å². The van der Waals surface area contributed by atoms with Gasteiger partial charge in [-0.05, 0) is 68.0 Å². The third-order valence-electron chi connectivity index (χ3n) is 7.52. The van der Waals surface area contributed by atoms with Crippen LogP contribution in [0.1, 0.15) is 43.4 Å². The number of aromatic nitrogens is 2. The monoisotopic (exact) mass is 498 g/mol. The fraction of sp³-hybridized carbons (Fsp3) is 0.440. The van der Waals surface area contributed by atoms with Crippen LogP contribution in [-0.2, 0) is 33.3 Å². The highest BCUT2D eigenvalue weighted by molar-refractivity contribution is 7.89. The van der Waals surface area contributed by atoms with Crippen LogP contribution in [0.2, 0.25) is 5.02 Å². The Kier molecular flexibility index (Phi) is 5.24. The Morgan fingerprint density at radius 1 is 1.09 bits per heavy atom. The number of benzene rings is 1. The lowest BCUT2D eigenvalue weighted by atomic mass is 9.99. The number of hydrogen-bond acceptors (Lipinski definition) is 4. The molecule has 6 rings (SSSR count). The van der Waals surface area contributed by atoms with E-state index in [0.717, 1.165) is 66.5 Å². The maximum Gasteiger partial charge on any atom is 0.238 e. The highest BCUT2D eigenvalue weighted by Gasteiger charge is 2.59. The summed E-state index contributed by atoms with van der Waals surface area (Å²) in [4.78, 5) is 19.6. The zero-order valence-corrected chi connectivity index (χ0v) is 20.5. The number of amides is 1. The van der Waals surface area contributed by atoms with Crippen LogP contribution in [-0.4, -0.2) is 47.0 Å². The second-order valence-corrected chi connectivity index (χ2v) is 12.2. The van der Waals surface area contributed by atoms with Gasteiger partial charge in [0.1, 0.15) is 0 Å². The van der Waals surface area contributed by atoms with Crippen molar-refractivity contribution < 1.29 is 13.2 Å². The van der Waals surface area contributed by atoms with Gasteiger partial charge in [-0.15, -0.1) is 0 Å². The first kappa shape index (κ1) is 22.1. The molecule has 7 nitrogen and oxygen atoms in total. The van der Waals surface area contributed by atoms with Crippen LogP contribution in [0, 0.1) is 0 Å². The molecule has 1 aromatic carbocycles. The van der Waals surface area contributed by atoms with Gasteiger partial charge in [0.2, 0.25) is 15.9 Å². The molecule has 1 amide bonds. The molecule has 1 saturated carbocycles. The highest BCUT2D eigenvalue weighted by Crippen LogP contribution is 2.57. The average Bonchev–Trinajstić information content (AvgIpc) is 3.39. The van der Waals surface area contributed by atoms with Gasteiger partial charge >= 0.3 is 0 Å². The summed E-state index contributed by atoms with van der Waals surface area (Å²) < 4.78 is 28.1. The maximum absolute atomic E-state index is 13.4. The molecule has 2 aromatic heterocycles. The largest absolute Gasteiger partial charge is 0.343 e. The third kappa shape index (κ3) is 3.54. The van der Waals surface area contributed by atoms with Crippen molar-refractivity contribution in [3.05, 3.63) is 59.0 Å². The number of halogens is 1. The number of nitrogens with zero attached hydrogens (tertiary/aromatic N) is 4. The Morgan fingerprint density at radius 3 is 2.68 bits per heavy atom. The van der Waals surface area contributed by atoms with Gasteiger partial charge in [-0.3, -0.25) is 9.78 Å². The number of hydrogen-bond donors (Lipinski definition) is 0. The van der Waals surface area contributed by atoms with E-state index in [0.29, 0.717) is 24.7 Å². The molecule has 0 radical (unpaired) electrons. The predicted molar refractivity (Wildman–Crippen MR) is 132 cm³/mol. The SMILES string of the molecule is O=C1N(Cc2cc3cc(Cl)ccc3n2CCCCN2CCCS2(=O)=O)c2cnccc2C12CC2. The Morgan fingerprint density at radius 2 is 1.91 bits per heavy atom. The summed E-state index contributed by atoms with van der Waals surface area (Å²) in [5.74, 6) is 0.437. The van der Waals surface area contributed by atoms with Gasteiger partial charge in [0, 0.05) is 47.5 Å². The first-order valence-electron chi connectivity index (χ1n) is 11.9. The summed E-state index contributed by atoms with van der Waals surface area (Å²) in [6, 6.07) is 9.98. The minimum absolute atomic E-state index is 0.171. The van der Waals surface area contributed by atoms with Gasteiger partial charge in [0.25, 0.3) is 0 Å². The molecule has 0 unspecified atom stereocenters. The molecule has 178 valence electrons. The number of pyridine rings is 1. The normalized spacial score (nSPS) is 20.5. The molecule has 1 saturated heterocycles. The average molecular weight is 499 g/mol. The topological polar surface area (TPSA) is 75.5 Å². The van der Waals surface area contributed by atoms with Gasteiger partial charge in [0.15, 0.2) is 0 Å². The van der Waals surface area contributed by atoms with E-state index in [4.69, 9.17) is 11.6 Å². The lowest BCUT2D eigenvalue weighted by molar-refractivity contribution is -0.120. The van der Waals surface area contributed by atoms with Crippen molar-refractivity contribution in [2.75, 3.05) is 23.7 Å². The number of sulfonamides is 1.